The molecule has 0 saturated heterocycles. The quantitative estimate of drug-likeness (QED) is 0.407. The molecule has 1 amide bonds. The van der Waals surface area contributed by atoms with Gasteiger partial charge in [-0.2, -0.15) is 5.10 Å². The third kappa shape index (κ3) is 7.42. The summed E-state index contributed by atoms with van der Waals surface area (Å²) in [4.78, 5) is 12.0. The Bertz CT molecular complexity index is 915. The van der Waals surface area contributed by atoms with E-state index >= 15 is 0 Å². The van der Waals surface area contributed by atoms with Crippen LogP contribution >= 0.6 is 23.2 Å². The predicted molar refractivity (Wildman–Crippen MR) is 124 cm³/mol. The molecule has 166 valence electrons. The molecule has 8 heteroatoms. The first-order valence-corrected chi connectivity index (χ1v) is 11.1. The van der Waals surface area contributed by atoms with Crippen LogP contribution in [0.1, 0.15) is 43.2 Å². The van der Waals surface area contributed by atoms with Gasteiger partial charge in [0.2, 0.25) is 0 Å². The lowest BCUT2D eigenvalue weighted by Gasteiger charge is -2.22. The molecule has 1 aliphatic rings. The summed E-state index contributed by atoms with van der Waals surface area (Å²) in [5.41, 5.74) is 4.15. The van der Waals surface area contributed by atoms with E-state index in [0.29, 0.717) is 27.6 Å². The zero-order valence-electron chi connectivity index (χ0n) is 17.5. The van der Waals surface area contributed by atoms with Crippen molar-refractivity contribution in [3.8, 4) is 11.5 Å². The molecule has 0 aliphatic heterocycles. The van der Waals surface area contributed by atoms with Gasteiger partial charge in [0.05, 0.1) is 19.9 Å². The Morgan fingerprint density at radius 3 is 2.68 bits per heavy atom. The van der Waals surface area contributed by atoms with E-state index in [1.807, 2.05) is 12.1 Å². The molecule has 1 aliphatic carbocycles. The van der Waals surface area contributed by atoms with Crippen molar-refractivity contribution in [2.24, 2.45) is 5.10 Å². The topological polar surface area (TPSA) is 72.0 Å². The molecule has 0 radical (unpaired) electrons. The number of carbonyl (C=O) groups excluding carboxylic acids is 1. The number of hydrogen-bond donors (Lipinski definition) is 2. The van der Waals surface area contributed by atoms with E-state index in [1.165, 1.54) is 19.3 Å². The van der Waals surface area contributed by atoms with E-state index in [9.17, 15) is 4.79 Å². The fourth-order valence-corrected chi connectivity index (χ4v) is 3.90. The maximum Gasteiger partial charge on any atom is 0.254 e. The lowest BCUT2D eigenvalue weighted by atomic mass is 9.95. The second-order valence-electron chi connectivity index (χ2n) is 7.44. The zero-order valence-corrected chi connectivity index (χ0v) is 19.0. The third-order valence-electron chi connectivity index (χ3n) is 5.15. The van der Waals surface area contributed by atoms with Crippen molar-refractivity contribution in [2.45, 2.75) is 44.8 Å². The molecule has 2 aromatic rings. The summed E-state index contributed by atoms with van der Waals surface area (Å²) in [6, 6.07) is 11.1. The van der Waals surface area contributed by atoms with E-state index in [1.54, 1.807) is 37.6 Å². The first kappa shape index (κ1) is 23.4. The van der Waals surface area contributed by atoms with Gasteiger partial charge < -0.3 is 14.8 Å². The normalized spacial score (nSPS) is 14.5. The number of methoxy groups -OCH3 is 1. The number of nitrogens with one attached hydrogen (secondary N) is 2. The van der Waals surface area contributed by atoms with Gasteiger partial charge in [-0.15, -0.1) is 0 Å². The summed E-state index contributed by atoms with van der Waals surface area (Å²) in [6.07, 6.45) is 7.58. The number of amides is 1. The molecule has 0 heterocycles. The summed E-state index contributed by atoms with van der Waals surface area (Å²) in [6.45, 7) is 0.551. The van der Waals surface area contributed by atoms with Crippen LogP contribution in [0.25, 0.3) is 0 Å². The molecule has 2 N–H and O–H groups in total. The molecule has 0 spiro atoms. The maximum atomic E-state index is 12.0. The van der Waals surface area contributed by atoms with Crippen LogP contribution in [0.2, 0.25) is 10.0 Å². The van der Waals surface area contributed by atoms with E-state index in [2.05, 4.69) is 15.8 Å². The van der Waals surface area contributed by atoms with E-state index < -0.39 is 0 Å². The molecule has 2 aromatic carbocycles. The average molecular weight is 464 g/mol. The molecule has 1 saturated carbocycles. The molecular weight excluding hydrogens is 437 g/mol. The summed E-state index contributed by atoms with van der Waals surface area (Å²) in [7, 11) is 1.57. The van der Waals surface area contributed by atoms with E-state index in [4.69, 9.17) is 32.7 Å². The van der Waals surface area contributed by atoms with Crippen molar-refractivity contribution in [3.63, 3.8) is 0 Å². The van der Waals surface area contributed by atoms with E-state index in [0.717, 1.165) is 24.0 Å². The first-order valence-electron chi connectivity index (χ1n) is 10.3. The van der Waals surface area contributed by atoms with Crippen molar-refractivity contribution in [1.82, 2.24) is 10.7 Å². The molecule has 6 nitrogen and oxygen atoms in total. The molecule has 0 aromatic heterocycles. The highest BCUT2D eigenvalue weighted by Crippen LogP contribution is 2.29. The average Bonchev–Trinajstić information content (AvgIpc) is 2.78. The Morgan fingerprint density at radius 2 is 1.94 bits per heavy atom. The number of halogens is 2. The lowest BCUT2D eigenvalue weighted by molar-refractivity contribution is -0.120. The van der Waals surface area contributed by atoms with Crippen molar-refractivity contribution in [2.75, 3.05) is 13.7 Å². The number of carbonyl (C=O) groups is 1. The van der Waals surface area contributed by atoms with Crippen LogP contribution in [-0.2, 0) is 11.4 Å². The predicted octanol–water partition coefficient (Wildman–Crippen LogP) is 4.95. The number of rotatable bonds is 9. The lowest BCUT2D eigenvalue weighted by Crippen LogP contribution is -2.38. The van der Waals surface area contributed by atoms with Crippen LogP contribution in [0.15, 0.2) is 41.5 Å². The van der Waals surface area contributed by atoms with Crippen LogP contribution < -0.4 is 20.2 Å². The SMILES string of the molecule is COc1cc(/C=N\NC(=O)CNC2CCCCC2)ccc1OCc1ccc(Cl)cc1Cl. The minimum absolute atomic E-state index is 0.159. The molecule has 0 atom stereocenters. The second-order valence-corrected chi connectivity index (χ2v) is 8.29. The van der Waals surface area contributed by atoms with E-state index in [-0.39, 0.29) is 19.1 Å². The van der Waals surface area contributed by atoms with Crippen molar-refractivity contribution in [3.05, 3.63) is 57.6 Å². The van der Waals surface area contributed by atoms with Gasteiger partial charge >= 0.3 is 0 Å². The Balaban J connectivity index is 1.50. The molecule has 3 rings (SSSR count). The minimum Gasteiger partial charge on any atom is -0.493 e. The maximum absolute atomic E-state index is 12.0. The highest BCUT2D eigenvalue weighted by atomic mass is 35.5. The molecule has 0 bridgehead atoms. The summed E-state index contributed by atoms with van der Waals surface area (Å²) < 4.78 is 11.3. The Kier molecular flexibility index (Phi) is 9.00. The molecule has 1 fully saturated rings. The monoisotopic (exact) mass is 463 g/mol. The minimum atomic E-state index is -0.159. The van der Waals surface area contributed by atoms with Crippen LogP contribution in [0.5, 0.6) is 11.5 Å². The Morgan fingerprint density at radius 1 is 1.13 bits per heavy atom. The van der Waals surface area contributed by atoms with Crippen LogP contribution in [-0.4, -0.2) is 31.8 Å². The summed E-state index contributed by atoms with van der Waals surface area (Å²) >= 11 is 12.1. The smallest absolute Gasteiger partial charge is 0.254 e. The fourth-order valence-electron chi connectivity index (χ4n) is 3.44. The summed E-state index contributed by atoms with van der Waals surface area (Å²) in [5.74, 6) is 0.972. The highest BCUT2D eigenvalue weighted by Gasteiger charge is 2.13. The standard InChI is InChI=1S/C23H27Cl2N3O3/c1-30-22-11-16(13-27-28-23(29)14-26-19-5-3-2-4-6-19)7-10-21(22)31-15-17-8-9-18(24)12-20(17)25/h7-13,19,26H,2-6,14-15H2,1H3,(H,28,29)/b27-13-. The van der Waals surface area contributed by atoms with Crippen molar-refractivity contribution in [1.29, 1.82) is 0 Å². The van der Waals surface area contributed by atoms with Crippen LogP contribution in [0, 0.1) is 0 Å². The first-order chi connectivity index (χ1) is 15.0. The second kappa shape index (κ2) is 11.9. The van der Waals surface area contributed by atoms with Crippen molar-refractivity contribution < 1.29 is 14.3 Å². The van der Waals surface area contributed by atoms with Crippen molar-refractivity contribution >= 4 is 35.3 Å². The molecule has 31 heavy (non-hydrogen) atoms. The van der Waals surface area contributed by atoms with Gasteiger partial charge in [0.25, 0.3) is 5.91 Å². The van der Waals surface area contributed by atoms with Crippen LogP contribution in [0.3, 0.4) is 0 Å². The number of benzene rings is 2. The van der Waals surface area contributed by atoms with Gasteiger partial charge in [-0.1, -0.05) is 48.5 Å². The van der Waals surface area contributed by atoms with Gasteiger partial charge in [-0.25, -0.2) is 5.43 Å². The van der Waals surface area contributed by atoms with Gasteiger partial charge in [0.15, 0.2) is 11.5 Å². The largest absolute Gasteiger partial charge is 0.493 e. The molecular formula is C23H27Cl2N3O3. The summed E-state index contributed by atoms with van der Waals surface area (Å²) in [5, 5.41) is 8.45. The third-order valence-corrected chi connectivity index (χ3v) is 5.73. The van der Waals surface area contributed by atoms with Crippen LogP contribution in [0.4, 0.5) is 0 Å². The van der Waals surface area contributed by atoms with Gasteiger partial charge in [0, 0.05) is 21.7 Å². The number of hydrazone groups is 1. The number of nitrogens with zero attached hydrogens (tertiary/aromatic N) is 1. The Hall–Kier alpha value is -2.28. The molecule has 0 unspecified atom stereocenters. The number of hydrogen-bond acceptors (Lipinski definition) is 5. The van der Waals surface area contributed by atoms with Gasteiger partial charge in [-0.3, -0.25) is 4.79 Å². The van der Waals surface area contributed by atoms with Gasteiger partial charge in [-0.05, 0) is 48.7 Å². The number of ether oxygens (including phenoxy) is 2. The Labute approximate surface area is 192 Å². The zero-order chi connectivity index (χ0) is 22.1. The van der Waals surface area contributed by atoms with Gasteiger partial charge in [0.1, 0.15) is 6.61 Å². The highest BCUT2D eigenvalue weighted by molar-refractivity contribution is 6.35. The fraction of sp³-hybridized carbons (Fsp3) is 0.391.